The Morgan fingerprint density at radius 2 is 1.80 bits per heavy atom. The predicted octanol–water partition coefficient (Wildman–Crippen LogP) is 6.33. The monoisotopic (exact) mass is 674 g/mol. The van der Waals surface area contributed by atoms with Crippen LogP contribution in [0.1, 0.15) is 75.4 Å². The third-order valence-electron chi connectivity index (χ3n) is 8.96. The summed E-state index contributed by atoms with van der Waals surface area (Å²) in [6.45, 7) is 11.1. The van der Waals surface area contributed by atoms with Crippen molar-refractivity contribution >= 4 is 35.3 Å². The number of likely N-dealkylation sites (tertiary alicyclic amines) is 1. The van der Waals surface area contributed by atoms with Gasteiger partial charge in [-0.2, -0.15) is 0 Å². The second-order valence-electron chi connectivity index (χ2n) is 13.4. The van der Waals surface area contributed by atoms with Gasteiger partial charge in [0.25, 0.3) is 0 Å². The molecule has 3 amide bonds. The number of ether oxygens (including phenoxy) is 3. The van der Waals surface area contributed by atoms with E-state index < -0.39 is 35.1 Å². The van der Waals surface area contributed by atoms with E-state index in [2.05, 4.69) is 10.6 Å². The van der Waals surface area contributed by atoms with Crippen molar-refractivity contribution in [3.63, 3.8) is 0 Å². The number of benzene rings is 3. The van der Waals surface area contributed by atoms with Crippen LogP contribution in [-0.4, -0.2) is 67.2 Å². The summed E-state index contributed by atoms with van der Waals surface area (Å²) in [6.07, 6.45) is -0.121. The Morgan fingerprint density at radius 3 is 2.43 bits per heavy atom. The van der Waals surface area contributed by atoms with Crippen LogP contribution in [0.25, 0.3) is 0 Å². The SMILES string of the molecule is CCN(C(=O)OC(C)(C)C)c1cc(F)cc2c1NC(=O)C2(C)N1CC[C@H](c2ccccc2Oc2ccc(C(=O)OC)cc2)[C@@H](NC(C)=O)C1. The second-order valence-corrected chi connectivity index (χ2v) is 13.4. The number of carbonyl (C=O) groups excluding carboxylic acids is 4. The lowest BCUT2D eigenvalue weighted by Crippen LogP contribution is -2.59. The van der Waals surface area contributed by atoms with Crippen LogP contribution < -0.4 is 20.3 Å². The molecule has 11 nitrogen and oxygen atoms in total. The van der Waals surface area contributed by atoms with Crippen LogP contribution in [-0.2, 0) is 24.6 Å². The van der Waals surface area contributed by atoms with Crippen LogP contribution in [0.4, 0.5) is 20.6 Å². The van der Waals surface area contributed by atoms with E-state index in [1.165, 1.54) is 31.1 Å². The molecular weight excluding hydrogens is 631 g/mol. The van der Waals surface area contributed by atoms with Crippen LogP contribution in [0.5, 0.6) is 11.5 Å². The van der Waals surface area contributed by atoms with E-state index in [9.17, 15) is 19.2 Å². The summed E-state index contributed by atoms with van der Waals surface area (Å²) in [7, 11) is 1.32. The first kappa shape index (κ1) is 35.3. The Kier molecular flexibility index (Phi) is 10.0. The van der Waals surface area contributed by atoms with Gasteiger partial charge in [0.1, 0.15) is 28.5 Å². The van der Waals surface area contributed by atoms with Crippen LogP contribution in [0, 0.1) is 5.82 Å². The summed E-state index contributed by atoms with van der Waals surface area (Å²) in [5.74, 6) is -0.736. The molecule has 49 heavy (non-hydrogen) atoms. The van der Waals surface area contributed by atoms with Crippen LogP contribution in [0.15, 0.2) is 60.7 Å². The summed E-state index contributed by atoms with van der Waals surface area (Å²) in [5, 5.41) is 6.01. The summed E-state index contributed by atoms with van der Waals surface area (Å²) in [4.78, 5) is 54.7. The van der Waals surface area contributed by atoms with Crippen molar-refractivity contribution in [3.05, 3.63) is 83.2 Å². The van der Waals surface area contributed by atoms with Crippen molar-refractivity contribution < 1.29 is 37.8 Å². The number of rotatable bonds is 8. The Labute approximate surface area is 285 Å². The Morgan fingerprint density at radius 1 is 1.10 bits per heavy atom. The van der Waals surface area contributed by atoms with Gasteiger partial charge in [0.2, 0.25) is 11.8 Å². The molecule has 1 saturated heterocycles. The molecule has 2 heterocycles. The van der Waals surface area contributed by atoms with E-state index in [0.717, 1.165) is 5.56 Å². The van der Waals surface area contributed by atoms with Crippen molar-refractivity contribution in [3.8, 4) is 11.5 Å². The van der Waals surface area contributed by atoms with E-state index in [1.807, 2.05) is 29.2 Å². The predicted molar refractivity (Wildman–Crippen MR) is 182 cm³/mol. The largest absolute Gasteiger partial charge is 0.465 e. The Balaban J connectivity index is 1.46. The molecule has 3 aromatic rings. The van der Waals surface area contributed by atoms with E-state index in [0.29, 0.717) is 41.3 Å². The first-order chi connectivity index (χ1) is 23.2. The minimum atomic E-state index is -1.31. The number of hydrogen-bond donors (Lipinski definition) is 2. The smallest absolute Gasteiger partial charge is 0.414 e. The van der Waals surface area contributed by atoms with Gasteiger partial charge in [-0.1, -0.05) is 18.2 Å². The summed E-state index contributed by atoms with van der Waals surface area (Å²) in [5.41, 5.74) is 0.127. The lowest BCUT2D eigenvalue weighted by molar-refractivity contribution is -0.128. The van der Waals surface area contributed by atoms with Gasteiger partial charge >= 0.3 is 12.1 Å². The highest BCUT2D eigenvalue weighted by Crippen LogP contribution is 2.48. The fourth-order valence-corrected chi connectivity index (χ4v) is 6.63. The summed E-state index contributed by atoms with van der Waals surface area (Å²) < 4.78 is 32.0. The minimum Gasteiger partial charge on any atom is -0.465 e. The molecule has 5 rings (SSSR count). The minimum absolute atomic E-state index is 0.185. The number of esters is 1. The Hall–Kier alpha value is -4.97. The molecule has 0 bridgehead atoms. The van der Waals surface area contributed by atoms with Gasteiger partial charge in [0.05, 0.1) is 24.0 Å². The van der Waals surface area contributed by atoms with E-state index in [1.54, 1.807) is 58.9 Å². The lowest BCUT2D eigenvalue weighted by Gasteiger charge is -2.45. The molecule has 2 N–H and O–H groups in total. The molecule has 1 unspecified atom stereocenters. The van der Waals surface area contributed by atoms with E-state index in [-0.39, 0.29) is 36.5 Å². The summed E-state index contributed by atoms with van der Waals surface area (Å²) >= 11 is 0. The maximum Gasteiger partial charge on any atom is 0.414 e. The third kappa shape index (κ3) is 7.24. The number of carbonyl (C=O) groups is 4. The molecule has 2 aliphatic heterocycles. The zero-order chi connectivity index (χ0) is 35.7. The molecular formula is C37H43FN4O7. The number of halogens is 1. The molecule has 0 aromatic heterocycles. The van der Waals surface area contributed by atoms with Crippen LogP contribution in [0.2, 0.25) is 0 Å². The maximum atomic E-state index is 15.4. The molecule has 1 fully saturated rings. The number of nitrogens with one attached hydrogen (secondary N) is 2. The van der Waals surface area contributed by atoms with Crippen molar-refractivity contribution in [2.24, 2.45) is 0 Å². The maximum absolute atomic E-state index is 15.4. The molecule has 260 valence electrons. The molecule has 0 spiro atoms. The van der Waals surface area contributed by atoms with Gasteiger partial charge in [0.15, 0.2) is 0 Å². The molecule has 3 atom stereocenters. The lowest BCUT2D eigenvalue weighted by atomic mass is 9.81. The van der Waals surface area contributed by atoms with E-state index >= 15 is 4.39 Å². The third-order valence-corrected chi connectivity index (χ3v) is 8.96. The molecule has 12 heteroatoms. The topological polar surface area (TPSA) is 127 Å². The van der Waals surface area contributed by atoms with Gasteiger partial charge in [-0.3, -0.25) is 19.4 Å². The van der Waals surface area contributed by atoms with Crippen molar-refractivity contribution in [2.75, 3.05) is 37.0 Å². The van der Waals surface area contributed by atoms with Gasteiger partial charge in [-0.15, -0.1) is 0 Å². The molecule has 0 aliphatic carbocycles. The fraction of sp³-hybridized carbons (Fsp3) is 0.405. The highest BCUT2D eigenvalue weighted by Gasteiger charge is 2.51. The first-order valence-corrected chi connectivity index (χ1v) is 16.3. The number of fused-ring (bicyclic) bond motifs is 1. The number of para-hydroxylation sites is 1. The number of piperidine rings is 1. The van der Waals surface area contributed by atoms with Crippen LogP contribution in [0.3, 0.4) is 0 Å². The number of nitrogens with zero attached hydrogens (tertiary/aromatic N) is 2. The summed E-state index contributed by atoms with van der Waals surface area (Å²) in [6, 6.07) is 16.3. The number of amides is 3. The zero-order valence-corrected chi connectivity index (χ0v) is 28.9. The molecule has 0 saturated carbocycles. The average molecular weight is 675 g/mol. The van der Waals surface area contributed by atoms with Crippen molar-refractivity contribution in [1.29, 1.82) is 0 Å². The van der Waals surface area contributed by atoms with Gasteiger partial charge < -0.3 is 24.8 Å². The normalized spacial score (nSPS) is 20.5. The highest BCUT2D eigenvalue weighted by molar-refractivity contribution is 6.10. The van der Waals surface area contributed by atoms with Gasteiger partial charge in [-0.05, 0) is 83.5 Å². The van der Waals surface area contributed by atoms with Gasteiger partial charge in [-0.25, -0.2) is 14.0 Å². The molecule has 2 aliphatic rings. The highest BCUT2D eigenvalue weighted by atomic mass is 19.1. The Bertz CT molecular complexity index is 1760. The van der Waals surface area contributed by atoms with Crippen LogP contribution >= 0.6 is 0 Å². The molecule has 3 aromatic carbocycles. The zero-order valence-electron chi connectivity index (χ0n) is 28.9. The van der Waals surface area contributed by atoms with Gasteiger partial charge in [0, 0.05) is 49.6 Å². The van der Waals surface area contributed by atoms with Crippen molar-refractivity contribution in [2.45, 2.75) is 71.1 Å². The first-order valence-electron chi connectivity index (χ1n) is 16.3. The molecule has 0 radical (unpaired) electrons. The standard InChI is InChI=1S/C37H43FN4O7/c1-8-42(35(46)49-36(3,4)5)30-20-24(38)19-28-32(30)40-34(45)37(28,6)41-18-17-26(29(21-41)39-22(2)43)27-11-9-10-12-31(27)48-25-15-13-23(14-16-25)33(44)47-7/h9-16,19-20,26,29H,8,17-18,21H2,1-7H3,(H,39,43)(H,40,45)/t26-,29+,37?/m1/s1. The fourth-order valence-electron chi connectivity index (χ4n) is 6.63. The quantitative estimate of drug-likeness (QED) is 0.266. The number of methoxy groups -OCH3 is 1. The number of anilines is 2. The number of hydrogen-bond acceptors (Lipinski definition) is 8. The second kappa shape index (κ2) is 13.9. The van der Waals surface area contributed by atoms with E-state index in [4.69, 9.17) is 14.2 Å². The van der Waals surface area contributed by atoms with Crippen molar-refractivity contribution in [1.82, 2.24) is 10.2 Å². The average Bonchev–Trinajstić information content (AvgIpc) is 3.30.